The molecule has 0 saturated carbocycles. The SMILES string of the molecule is c1ccc(-c2ccc3c(c2)Sc2ccccc2C32c3ccccc3Sc3ccc(-c4ccc5c6ccccc6n(-c6ccccc6)c5c4)cc32)cc1. The molecular weight excluding hydrogens is 667 g/mol. The van der Waals surface area contributed by atoms with Crippen molar-refractivity contribution in [1.82, 2.24) is 4.57 Å². The van der Waals surface area contributed by atoms with E-state index in [9.17, 15) is 0 Å². The predicted octanol–water partition coefficient (Wildman–Crippen LogP) is 13.4. The highest BCUT2D eigenvalue weighted by molar-refractivity contribution is 8.00. The average Bonchev–Trinajstić information content (AvgIpc) is 3.55. The summed E-state index contributed by atoms with van der Waals surface area (Å²) in [6, 6.07) is 69.8. The second-order valence-corrected chi connectivity index (χ2v) is 15.8. The first-order valence-electron chi connectivity index (χ1n) is 17.8. The van der Waals surface area contributed by atoms with E-state index in [1.807, 2.05) is 23.5 Å². The third-order valence-electron chi connectivity index (χ3n) is 10.9. The van der Waals surface area contributed by atoms with Gasteiger partial charge in [-0.2, -0.15) is 0 Å². The van der Waals surface area contributed by atoms with Crippen LogP contribution in [0.3, 0.4) is 0 Å². The van der Waals surface area contributed by atoms with E-state index in [2.05, 4.69) is 193 Å². The summed E-state index contributed by atoms with van der Waals surface area (Å²) in [5.74, 6) is 0. The Kier molecular flexibility index (Phi) is 6.70. The van der Waals surface area contributed by atoms with Crippen molar-refractivity contribution in [1.29, 1.82) is 0 Å². The monoisotopic (exact) mass is 697 g/mol. The summed E-state index contributed by atoms with van der Waals surface area (Å²) in [6.45, 7) is 0. The van der Waals surface area contributed by atoms with Crippen molar-refractivity contribution in [2.24, 2.45) is 0 Å². The summed E-state index contributed by atoms with van der Waals surface area (Å²) in [4.78, 5) is 5.25. The lowest BCUT2D eigenvalue weighted by atomic mass is 9.64. The zero-order valence-corrected chi connectivity index (χ0v) is 29.8. The lowest BCUT2D eigenvalue weighted by Crippen LogP contribution is -2.36. The lowest BCUT2D eigenvalue weighted by Gasteiger charge is -2.45. The largest absolute Gasteiger partial charge is 0.309 e. The van der Waals surface area contributed by atoms with Gasteiger partial charge in [-0.25, -0.2) is 0 Å². The first-order valence-corrected chi connectivity index (χ1v) is 19.4. The van der Waals surface area contributed by atoms with Gasteiger partial charge in [0.15, 0.2) is 0 Å². The average molecular weight is 698 g/mol. The van der Waals surface area contributed by atoms with E-state index >= 15 is 0 Å². The number of hydrogen-bond acceptors (Lipinski definition) is 2. The Hall–Kier alpha value is -5.74. The van der Waals surface area contributed by atoms with Gasteiger partial charge in [0.05, 0.1) is 16.4 Å². The molecule has 0 aliphatic carbocycles. The van der Waals surface area contributed by atoms with Crippen LogP contribution in [0.2, 0.25) is 0 Å². The van der Waals surface area contributed by atoms with E-state index < -0.39 is 5.41 Å². The molecule has 52 heavy (non-hydrogen) atoms. The summed E-state index contributed by atoms with van der Waals surface area (Å²) >= 11 is 3.80. The van der Waals surface area contributed by atoms with E-state index in [1.165, 1.54) is 91.6 Å². The minimum atomic E-state index is -0.470. The Balaban J connectivity index is 1.18. The first-order chi connectivity index (χ1) is 25.8. The molecule has 1 unspecified atom stereocenters. The highest BCUT2D eigenvalue weighted by Gasteiger charge is 2.48. The number of benzene rings is 8. The summed E-state index contributed by atoms with van der Waals surface area (Å²) in [7, 11) is 0. The van der Waals surface area contributed by atoms with Crippen LogP contribution in [0.25, 0.3) is 49.7 Å². The van der Waals surface area contributed by atoms with Gasteiger partial charge in [-0.3, -0.25) is 0 Å². The van der Waals surface area contributed by atoms with Crippen LogP contribution in [0, 0.1) is 0 Å². The van der Waals surface area contributed by atoms with Gasteiger partial charge in [0.1, 0.15) is 0 Å². The Morgan fingerprint density at radius 3 is 1.65 bits per heavy atom. The van der Waals surface area contributed by atoms with Crippen molar-refractivity contribution >= 4 is 45.3 Å². The van der Waals surface area contributed by atoms with Gasteiger partial charge in [-0.15, -0.1) is 0 Å². The summed E-state index contributed by atoms with van der Waals surface area (Å²) in [6.07, 6.45) is 0. The van der Waals surface area contributed by atoms with Crippen LogP contribution in [0.5, 0.6) is 0 Å². The first kappa shape index (κ1) is 29.9. The minimum absolute atomic E-state index is 0.470. The molecule has 3 heteroatoms. The molecule has 8 aromatic carbocycles. The zero-order valence-electron chi connectivity index (χ0n) is 28.2. The zero-order chi connectivity index (χ0) is 34.2. The third kappa shape index (κ3) is 4.33. The molecule has 3 heterocycles. The van der Waals surface area contributed by atoms with Crippen LogP contribution in [-0.4, -0.2) is 4.57 Å². The predicted molar refractivity (Wildman–Crippen MR) is 218 cm³/mol. The Morgan fingerprint density at radius 2 is 0.865 bits per heavy atom. The molecule has 0 N–H and O–H groups in total. The maximum atomic E-state index is 2.50. The Bertz CT molecular complexity index is 2840. The quantitative estimate of drug-likeness (QED) is 0.181. The maximum Gasteiger partial charge on any atom is 0.0745 e. The summed E-state index contributed by atoms with van der Waals surface area (Å²) < 4.78 is 2.41. The molecule has 2 aliphatic rings. The number of rotatable bonds is 3. The fourth-order valence-electron chi connectivity index (χ4n) is 8.66. The molecule has 0 bridgehead atoms. The highest BCUT2D eigenvalue weighted by Crippen LogP contribution is 2.62. The van der Waals surface area contributed by atoms with Crippen LogP contribution in [0.4, 0.5) is 0 Å². The molecule has 0 amide bonds. The van der Waals surface area contributed by atoms with E-state index in [4.69, 9.17) is 0 Å². The number of para-hydroxylation sites is 2. The van der Waals surface area contributed by atoms with Crippen LogP contribution < -0.4 is 0 Å². The van der Waals surface area contributed by atoms with Gasteiger partial charge in [0, 0.05) is 36.0 Å². The topological polar surface area (TPSA) is 4.93 Å². The molecule has 244 valence electrons. The fraction of sp³-hybridized carbons (Fsp3) is 0.0204. The molecule has 2 aliphatic heterocycles. The summed E-state index contributed by atoms with van der Waals surface area (Å²) in [5.41, 5.74) is 13.5. The van der Waals surface area contributed by atoms with Gasteiger partial charge < -0.3 is 4.57 Å². The van der Waals surface area contributed by atoms with E-state index in [1.54, 1.807) is 0 Å². The molecule has 9 aromatic rings. The minimum Gasteiger partial charge on any atom is -0.309 e. The molecule has 1 aromatic heterocycles. The van der Waals surface area contributed by atoms with E-state index in [0.717, 1.165) is 0 Å². The van der Waals surface area contributed by atoms with Gasteiger partial charge in [0.2, 0.25) is 0 Å². The highest BCUT2D eigenvalue weighted by atomic mass is 32.2. The van der Waals surface area contributed by atoms with Crippen LogP contribution >= 0.6 is 23.5 Å². The van der Waals surface area contributed by atoms with Crippen molar-refractivity contribution in [3.8, 4) is 27.9 Å². The van der Waals surface area contributed by atoms with Crippen LogP contribution in [0.15, 0.2) is 208 Å². The van der Waals surface area contributed by atoms with Gasteiger partial charge >= 0.3 is 0 Å². The standard InChI is InChI=1S/C49H31NS2/c1-3-13-32(14-4-1)35-24-27-41-48(31-35)52-46-22-12-9-19-40(46)49(41)39-18-8-11-21-45(39)51-47-28-25-33(29-42(47)49)34-23-26-38-37-17-7-10-20-43(37)50(44(38)30-34)36-15-5-2-6-16-36/h1-31H. The Labute approximate surface area is 311 Å². The molecule has 0 radical (unpaired) electrons. The van der Waals surface area contributed by atoms with E-state index in [-0.39, 0.29) is 0 Å². The molecule has 0 fully saturated rings. The molecule has 1 spiro atoms. The van der Waals surface area contributed by atoms with Gasteiger partial charge in [-0.1, -0.05) is 157 Å². The summed E-state index contributed by atoms with van der Waals surface area (Å²) in [5, 5.41) is 2.54. The van der Waals surface area contributed by atoms with Crippen molar-refractivity contribution in [2.45, 2.75) is 25.0 Å². The van der Waals surface area contributed by atoms with Crippen LogP contribution in [-0.2, 0) is 5.41 Å². The maximum absolute atomic E-state index is 2.50. The van der Waals surface area contributed by atoms with Crippen molar-refractivity contribution < 1.29 is 0 Å². The van der Waals surface area contributed by atoms with Crippen molar-refractivity contribution in [2.75, 3.05) is 0 Å². The number of aromatic nitrogens is 1. The van der Waals surface area contributed by atoms with Crippen molar-refractivity contribution in [3.05, 3.63) is 210 Å². The number of hydrogen-bond donors (Lipinski definition) is 0. The normalized spacial score (nSPS) is 15.6. The molecule has 0 saturated heterocycles. The Morgan fingerprint density at radius 1 is 0.327 bits per heavy atom. The van der Waals surface area contributed by atoms with Gasteiger partial charge in [0.25, 0.3) is 0 Å². The third-order valence-corrected chi connectivity index (χ3v) is 13.2. The molecular formula is C49H31NS2. The van der Waals surface area contributed by atoms with Crippen LogP contribution in [0.1, 0.15) is 22.3 Å². The van der Waals surface area contributed by atoms with Crippen molar-refractivity contribution in [3.63, 3.8) is 0 Å². The molecule has 1 nitrogen and oxygen atoms in total. The second kappa shape index (κ2) is 11.6. The lowest BCUT2D eigenvalue weighted by molar-refractivity contribution is 0.667. The smallest absolute Gasteiger partial charge is 0.0745 e. The number of fused-ring (bicyclic) bond motifs is 11. The van der Waals surface area contributed by atoms with Gasteiger partial charge in [-0.05, 0) is 99.1 Å². The second-order valence-electron chi connectivity index (χ2n) is 13.7. The number of nitrogens with zero attached hydrogens (tertiary/aromatic N) is 1. The fourth-order valence-corrected chi connectivity index (χ4v) is 11.1. The molecule has 1 atom stereocenters. The molecule has 11 rings (SSSR count). The van der Waals surface area contributed by atoms with E-state index in [0.29, 0.717) is 0 Å².